The lowest BCUT2D eigenvalue weighted by Crippen LogP contribution is -2.21. The van der Waals surface area contributed by atoms with Gasteiger partial charge < -0.3 is 4.57 Å². The maximum absolute atomic E-state index is 11.1. The number of imidazole rings is 1. The molecule has 11 heavy (non-hydrogen) atoms. The molecule has 0 radical (unpaired) electrons. The van der Waals surface area contributed by atoms with Gasteiger partial charge in [0.15, 0.2) is 0 Å². The number of rotatable bonds is 2. The summed E-state index contributed by atoms with van der Waals surface area (Å²) < 4.78 is 3.00. The Morgan fingerprint density at radius 2 is 2.36 bits per heavy atom. The normalized spacial score (nSPS) is 9.45. The van der Waals surface area contributed by atoms with E-state index in [9.17, 15) is 4.79 Å². The van der Waals surface area contributed by atoms with Crippen molar-refractivity contribution in [3.8, 4) is 6.07 Å². The molecule has 0 aliphatic heterocycles. The summed E-state index contributed by atoms with van der Waals surface area (Å²) in [5.74, 6) is 0. The largest absolute Gasteiger partial charge is 0.327 e. The van der Waals surface area contributed by atoms with Crippen molar-refractivity contribution in [2.24, 2.45) is 7.05 Å². The van der Waals surface area contributed by atoms with Crippen LogP contribution in [-0.4, -0.2) is 9.13 Å². The molecule has 4 nitrogen and oxygen atoms in total. The zero-order valence-corrected chi connectivity index (χ0v) is 6.32. The van der Waals surface area contributed by atoms with Gasteiger partial charge >= 0.3 is 5.69 Å². The SMILES string of the molecule is Cn1ccn(CCC#N)c1=O. The van der Waals surface area contributed by atoms with Crippen molar-refractivity contribution in [2.75, 3.05) is 0 Å². The number of hydrogen-bond acceptors (Lipinski definition) is 2. The molecular weight excluding hydrogens is 142 g/mol. The van der Waals surface area contributed by atoms with Crippen molar-refractivity contribution in [1.82, 2.24) is 9.13 Å². The highest BCUT2D eigenvalue weighted by atomic mass is 16.1. The molecule has 0 N–H and O–H groups in total. The fourth-order valence-electron chi connectivity index (χ4n) is 0.851. The first-order valence-electron chi connectivity index (χ1n) is 3.34. The summed E-state index contributed by atoms with van der Waals surface area (Å²) in [5.41, 5.74) is -0.0692. The third-order valence-electron chi connectivity index (χ3n) is 1.48. The van der Waals surface area contributed by atoms with E-state index in [1.165, 1.54) is 9.13 Å². The molecule has 0 fully saturated rings. The van der Waals surface area contributed by atoms with Crippen molar-refractivity contribution >= 4 is 0 Å². The van der Waals surface area contributed by atoms with Crippen LogP contribution in [0.2, 0.25) is 0 Å². The highest BCUT2D eigenvalue weighted by molar-refractivity contribution is 4.81. The van der Waals surface area contributed by atoms with E-state index in [4.69, 9.17) is 5.26 Å². The topological polar surface area (TPSA) is 50.7 Å². The molecule has 0 spiro atoms. The van der Waals surface area contributed by atoms with Gasteiger partial charge in [-0.2, -0.15) is 5.26 Å². The Labute approximate surface area is 64.3 Å². The summed E-state index contributed by atoms with van der Waals surface area (Å²) >= 11 is 0. The highest BCUT2D eigenvalue weighted by Gasteiger charge is 1.96. The average Bonchev–Trinajstić information content (AvgIpc) is 2.31. The Balaban J connectivity index is 2.81. The van der Waals surface area contributed by atoms with E-state index in [2.05, 4.69) is 0 Å². The Kier molecular flexibility index (Phi) is 2.12. The number of nitrogens with zero attached hydrogens (tertiary/aromatic N) is 3. The quantitative estimate of drug-likeness (QED) is 0.602. The molecule has 0 aromatic carbocycles. The van der Waals surface area contributed by atoms with E-state index in [1.54, 1.807) is 19.4 Å². The smallest absolute Gasteiger partial charge is 0.302 e. The van der Waals surface area contributed by atoms with Crippen LogP contribution >= 0.6 is 0 Å². The average molecular weight is 151 g/mol. The monoisotopic (exact) mass is 151 g/mol. The molecule has 1 rings (SSSR count). The fraction of sp³-hybridized carbons (Fsp3) is 0.429. The van der Waals surface area contributed by atoms with Gasteiger partial charge in [0.05, 0.1) is 12.5 Å². The summed E-state index contributed by atoms with van der Waals surface area (Å²) in [7, 11) is 1.69. The minimum absolute atomic E-state index is 0.0692. The van der Waals surface area contributed by atoms with Crippen LogP contribution < -0.4 is 5.69 Å². The summed E-state index contributed by atoms with van der Waals surface area (Å²) in [6, 6.07) is 1.98. The molecule has 4 heteroatoms. The third-order valence-corrected chi connectivity index (χ3v) is 1.48. The van der Waals surface area contributed by atoms with E-state index in [1.807, 2.05) is 6.07 Å². The van der Waals surface area contributed by atoms with Crippen LogP contribution in [-0.2, 0) is 13.6 Å². The molecule has 0 amide bonds. The lowest BCUT2D eigenvalue weighted by atomic mass is 10.5. The van der Waals surface area contributed by atoms with Gasteiger partial charge in [-0.15, -0.1) is 0 Å². The van der Waals surface area contributed by atoms with Crippen LogP contribution in [0.3, 0.4) is 0 Å². The zero-order valence-electron chi connectivity index (χ0n) is 6.32. The zero-order chi connectivity index (χ0) is 8.27. The second-order valence-electron chi connectivity index (χ2n) is 2.29. The van der Waals surface area contributed by atoms with Crippen LogP contribution in [0.5, 0.6) is 0 Å². The Morgan fingerprint density at radius 1 is 1.64 bits per heavy atom. The first-order chi connectivity index (χ1) is 5.25. The molecule has 0 aliphatic carbocycles. The summed E-state index contributed by atoms with van der Waals surface area (Å²) in [4.78, 5) is 11.1. The molecule has 1 aromatic heterocycles. The lowest BCUT2D eigenvalue weighted by Gasteiger charge is -1.92. The van der Waals surface area contributed by atoms with Crippen LogP contribution in [0.4, 0.5) is 0 Å². The molecule has 0 aliphatic rings. The van der Waals surface area contributed by atoms with Crippen LogP contribution in [0.25, 0.3) is 0 Å². The van der Waals surface area contributed by atoms with Crippen LogP contribution in [0, 0.1) is 11.3 Å². The highest BCUT2D eigenvalue weighted by Crippen LogP contribution is 1.85. The minimum atomic E-state index is -0.0692. The first-order valence-corrected chi connectivity index (χ1v) is 3.34. The van der Waals surface area contributed by atoms with Gasteiger partial charge in [-0.3, -0.25) is 4.57 Å². The van der Waals surface area contributed by atoms with Gasteiger partial charge in [0, 0.05) is 26.0 Å². The molecule has 0 saturated heterocycles. The number of hydrogen-bond donors (Lipinski definition) is 0. The van der Waals surface area contributed by atoms with Gasteiger partial charge in [-0.25, -0.2) is 4.79 Å². The fourth-order valence-corrected chi connectivity index (χ4v) is 0.851. The number of nitriles is 1. The first kappa shape index (κ1) is 7.61. The van der Waals surface area contributed by atoms with Gasteiger partial charge in [0.2, 0.25) is 0 Å². The molecule has 0 unspecified atom stereocenters. The van der Waals surface area contributed by atoms with Crippen molar-refractivity contribution in [2.45, 2.75) is 13.0 Å². The molecule has 0 bridgehead atoms. The molecule has 0 atom stereocenters. The van der Waals surface area contributed by atoms with E-state index >= 15 is 0 Å². The van der Waals surface area contributed by atoms with Gasteiger partial charge in [-0.1, -0.05) is 0 Å². The van der Waals surface area contributed by atoms with E-state index < -0.39 is 0 Å². The molecule has 0 saturated carbocycles. The van der Waals surface area contributed by atoms with Crippen molar-refractivity contribution < 1.29 is 0 Å². The molecule has 58 valence electrons. The van der Waals surface area contributed by atoms with Crippen molar-refractivity contribution in [1.29, 1.82) is 5.26 Å². The summed E-state index contributed by atoms with van der Waals surface area (Å²) in [6.07, 6.45) is 3.74. The summed E-state index contributed by atoms with van der Waals surface area (Å²) in [5, 5.41) is 8.25. The van der Waals surface area contributed by atoms with Crippen molar-refractivity contribution in [3.05, 3.63) is 22.9 Å². The number of aryl methyl sites for hydroxylation is 2. The third kappa shape index (κ3) is 1.49. The second kappa shape index (κ2) is 3.06. The van der Waals surface area contributed by atoms with E-state index in [0.29, 0.717) is 13.0 Å². The Hall–Kier alpha value is -1.50. The van der Waals surface area contributed by atoms with Gasteiger partial charge in [0.1, 0.15) is 0 Å². The predicted octanol–water partition coefficient (Wildman–Crippen LogP) is 0.100. The van der Waals surface area contributed by atoms with Crippen LogP contribution in [0.15, 0.2) is 17.2 Å². The van der Waals surface area contributed by atoms with Gasteiger partial charge in [0.25, 0.3) is 0 Å². The standard InChI is InChI=1S/C7H9N3O/c1-9-5-6-10(7(9)11)4-2-3-8/h5-6H,2,4H2,1H3. The van der Waals surface area contributed by atoms with Crippen LogP contribution in [0.1, 0.15) is 6.42 Å². The molecule has 1 heterocycles. The second-order valence-corrected chi connectivity index (χ2v) is 2.29. The Bertz CT molecular complexity index is 328. The minimum Gasteiger partial charge on any atom is -0.302 e. The molecular formula is C7H9N3O. The molecule has 1 aromatic rings. The lowest BCUT2D eigenvalue weighted by molar-refractivity contribution is 0.663. The van der Waals surface area contributed by atoms with Crippen molar-refractivity contribution in [3.63, 3.8) is 0 Å². The number of aromatic nitrogens is 2. The predicted molar refractivity (Wildman–Crippen MR) is 39.9 cm³/mol. The maximum atomic E-state index is 11.1. The van der Waals surface area contributed by atoms with E-state index in [0.717, 1.165) is 0 Å². The summed E-state index contributed by atoms with van der Waals surface area (Å²) in [6.45, 7) is 0.482. The van der Waals surface area contributed by atoms with E-state index in [-0.39, 0.29) is 5.69 Å². The maximum Gasteiger partial charge on any atom is 0.327 e. The Morgan fingerprint density at radius 3 is 2.82 bits per heavy atom. The van der Waals surface area contributed by atoms with Gasteiger partial charge in [-0.05, 0) is 0 Å².